The summed E-state index contributed by atoms with van der Waals surface area (Å²) < 4.78 is 1.71. The number of aromatic nitrogens is 2. The fourth-order valence-electron chi connectivity index (χ4n) is 3.75. The molecule has 0 aliphatic heterocycles. The number of hydrogen-bond donors (Lipinski definition) is 0. The van der Waals surface area contributed by atoms with Gasteiger partial charge in [0.1, 0.15) is 5.78 Å². The molecule has 0 amide bonds. The van der Waals surface area contributed by atoms with Crippen molar-refractivity contribution in [2.24, 2.45) is 0 Å². The average molecular weight is 378 g/mol. The number of carbonyl (C=O) groups is 1. The molecule has 5 heteroatoms. The number of para-hydroxylation sites is 2. The molecule has 0 saturated heterocycles. The molecule has 1 saturated carbocycles. The van der Waals surface area contributed by atoms with E-state index in [1.54, 1.807) is 4.57 Å². The van der Waals surface area contributed by atoms with Crippen molar-refractivity contribution in [2.45, 2.75) is 49.9 Å². The average Bonchev–Trinajstić information content (AvgIpc) is 2.66. The molecule has 1 heterocycles. The number of carbonyl (C=O) groups excluding carboxylic acids is 1. The smallest absolute Gasteiger partial charge is 0.266 e. The van der Waals surface area contributed by atoms with E-state index in [0.29, 0.717) is 22.5 Å². The van der Waals surface area contributed by atoms with Gasteiger partial charge in [-0.3, -0.25) is 14.2 Å². The van der Waals surface area contributed by atoms with Gasteiger partial charge in [0, 0.05) is 6.42 Å². The van der Waals surface area contributed by atoms with E-state index in [2.05, 4.69) is 0 Å². The number of aryl methyl sites for hydroxylation is 2. The van der Waals surface area contributed by atoms with Crippen LogP contribution in [0.2, 0.25) is 0 Å². The quantitative estimate of drug-likeness (QED) is 0.625. The van der Waals surface area contributed by atoms with E-state index < -0.39 is 0 Å². The Bertz CT molecular complexity index is 1070. The largest absolute Gasteiger partial charge is 0.298 e. The molecule has 138 valence electrons. The zero-order valence-electron chi connectivity index (χ0n) is 15.6. The number of fused-ring (bicyclic) bond motifs is 1. The first-order chi connectivity index (χ1) is 13.1. The van der Waals surface area contributed by atoms with Gasteiger partial charge in [-0.1, -0.05) is 48.5 Å². The summed E-state index contributed by atoms with van der Waals surface area (Å²) in [5.41, 5.74) is 3.50. The van der Waals surface area contributed by atoms with Crippen molar-refractivity contribution in [3.05, 3.63) is 63.9 Å². The van der Waals surface area contributed by atoms with Gasteiger partial charge < -0.3 is 0 Å². The molecule has 0 radical (unpaired) electrons. The molecule has 0 N–H and O–H groups in total. The Labute approximate surface area is 162 Å². The van der Waals surface area contributed by atoms with E-state index in [4.69, 9.17) is 4.98 Å². The fraction of sp³-hybridized carbons (Fsp3) is 0.318. The highest BCUT2D eigenvalue weighted by molar-refractivity contribution is 8.00. The van der Waals surface area contributed by atoms with Crippen LogP contribution in [0.5, 0.6) is 0 Å². The van der Waals surface area contributed by atoms with E-state index >= 15 is 0 Å². The van der Waals surface area contributed by atoms with Crippen molar-refractivity contribution in [3.8, 4) is 5.69 Å². The molecule has 4 nitrogen and oxygen atoms in total. The first-order valence-electron chi connectivity index (χ1n) is 9.34. The Morgan fingerprint density at radius 1 is 1.00 bits per heavy atom. The van der Waals surface area contributed by atoms with E-state index in [1.807, 2.05) is 56.3 Å². The number of thioether (sulfide) groups is 1. The first-order valence-corrected chi connectivity index (χ1v) is 10.2. The number of rotatable bonds is 3. The van der Waals surface area contributed by atoms with Crippen LogP contribution in [0.3, 0.4) is 0 Å². The maximum atomic E-state index is 13.4. The van der Waals surface area contributed by atoms with E-state index in [1.165, 1.54) is 11.8 Å². The summed E-state index contributed by atoms with van der Waals surface area (Å²) in [6, 6.07) is 13.4. The molecule has 0 spiro atoms. The molecule has 0 unspecified atom stereocenters. The number of Topliss-reactive ketones (excluding diaryl/α,β-unsaturated/α-hetero) is 1. The van der Waals surface area contributed by atoms with Crippen LogP contribution in [0, 0.1) is 13.8 Å². The van der Waals surface area contributed by atoms with Crippen LogP contribution >= 0.6 is 11.8 Å². The Morgan fingerprint density at radius 3 is 2.48 bits per heavy atom. The van der Waals surface area contributed by atoms with Gasteiger partial charge in [-0.2, -0.15) is 0 Å². The number of hydrogen-bond acceptors (Lipinski definition) is 4. The predicted molar refractivity (Wildman–Crippen MR) is 110 cm³/mol. The molecular weight excluding hydrogens is 356 g/mol. The van der Waals surface area contributed by atoms with Gasteiger partial charge in [-0.25, -0.2) is 4.98 Å². The van der Waals surface area contributed by atoms with Crippen molar-refractivity contribution in [3.63, 3.8) is 0 Å². The van der Waals surface area contributed by atoms with Gasteiger partial charge in [0.05, 0.1) is 21.8 Å². The molecule has 0 bridgehead atoms. The van der Waals surface area contributed by atoms with Crippen LogP contribution in [0.4, 0.5) is 0 Å². The van der Waals surface area contributed by atoms with E-state index in [-0.39, 0.29) is 16.6 Å². The Hall–Kier alpha value is -2.40. The Kier molecular flexibility index (Phi) is 4.87. The minimum Gasteiger partial charge on any atom is -0.298 e. The molecule has 1 atom stereocenters. The van der Waals surface area contributed by atoms with Gasteiger partial charge in [0.25, 0.3) is 5.56 Å². The van der Waals surface area contributed by atoms with Crippen molar-refractivity contribution in [1.82, 2.24) is 9.55 Å². The zero-order chi connectivity index (χ0) is 19.0. The van der Waals surface area contributed by atoms with Crippen LogP contribution in [-0.4, -0.2) is 20.6 Å². The molecular formula is C22H22N2O2S. The standard InChI is InChI=1S/C22H22N2O2S/c1-14-8-7-9-15(2)20(14)24-21(26)16-10-3-4-11-17(16)23-22(24)27-19-13-6-5-12-18(19)25/h3-4,7-11,19H,5-6,12-13H2,1-2H3/t19-/m1/s1. The summed E-state index contributed by atoms with van der Waals surface area (Å²) in [6.45, 7) is 4.01. The van der Waals surface area contributed by atoms with Crippen LogP contribution in [0.1, 0.15) is 36.8 Å². The predicted octanol–water partition coefficient (Wildman–Crippen LogP) is 4.61. The summed E-state index contributed by atoms with van der Waals surface area (Å²) in [7, 11) is 0. The molecule has 4 rings (SSSR count). The lowest BCUT2D eigenvalue weighted by Crippen LogP contribution is -2.27. The third kappa shape index (κ3) is 3.32. The second-order valence-electron chi connectivity index (χ2n) is 7.11. The number of ketones is 1. The molecule has 3 aromatic rings. The topological polar surface area (TPSA) is 52.0 Å². The normalized spacial score (nSPS) is 17.4. The van der Waals surface area contributed by atoms with Crippen molar-refractivity contribution < 1.29 is 4.79 Å². The highest BCUT2D eigenvalue weighted by Gasteiger charge is 2.26. The van der Waals surface area contributed by atoms with Gasteiger partial charge in [-0.15, -0.1) is 0 Å². The summed E-state index contributed by atoms with van der Waals surface area (Å²) >= 11 is 1.44. The van der Waals surface area contributed by atoms with Gasteiger partial charge in [-0.05, 0) is 49.9 Å². The van der Waals surface area contributed by atoms with Gasteiger partial charge >= 0.3 is 0 Å². The minimum atomic E-state index is -0.123. The number of nitrogens with zero attached hydrogens (tertiary/aromatic N) is 2. The summed E-state index contributed by atoms with van der Waals surface area (Å²) in [6.07, 6.45) is 3.48. The second kappa shape index (κ2) is 7.31. The summed E-state index contributed by atoms with van der Waals surface area (Å²) in [4.78, 5) is 30.6. The van der Waals surface area contributed by atoms with Gasteiger partial charge in [0.2, 0.25) is 0 Å². The third-order valence-corrected chi connectivity index (χ3v) is 6.42. The van der Waals surface area contributed by atoms with E-state index in [0.717, 1.165) is 36.1 Å². The van der Waals surface area contributed by atoms with Crippen LogP contribution < -0.4 is 5.56 Å². The maximum absolute atomic E-state index is 13.4. The van der Waals surface area contributed by atoms with Crippen LogP contribution in [-0.2, 0) is 4.79 Å². The fourth-order valence-corrected chi connectivity index (χ4v) is 4.97. The summed E-state index contributed by atoms with van der Waals surface area (Å²) in [5, 5.41) is 1.08. The molecule has 1 fully saturated rings. The Balaban J connectivity index is 1.96. The van der Waals surface area contributed by atoms with Crippen molar-refractivity contribution in [1.29, 1.82) is 0 Å². The monoisotopic (exact) mass is 378 g/mol. The SMILES string of the molecule is Cc1cccc(C)c1-n1c(S[C@@H]2CCCCC2=O)nc2ccccc2c1=O. The molecule has 1 aliphatic carbocycles. The lowest BCUT2D eigenvalue weighted by molar-refractivity contribution is -0.119. The van der Waals surface area contributed by atoms with Crippen LogP contribution in [0.15, 0.2) is 52.4 Å². The highest BCUT2D eigenvalue weighted by Crippen LogP contribution is 2.33. The maximum Gasteiger partial charge on any atom is 0.266 e. The van der Waals surface area contributed by atoms with Crippen molar-refractivity contribution in [2.75, 3.05) is 0 Å². The molecule has 27 heavy (non-hydrogen) atoms. The minimum absolute atomic E-state index is 0.0799. The lowest BCUT2D eigenvalue weighted by Gasteiger charge is -2.22. The summed E-state index contributed by atoms with van der Waals surface area (Å²) in [5.74, 6) is 0.265. The molecule has 2 aromatic carbocycles. The zero-order valence-corrected chi connectivity index (χ0v) is 16.4. The number of benzene rings is 2. The van der Waals surface area contributed by atoms with E-state index in [9.17, 15) is 9.59 Å². The molecule has 1 aliphatic rings. The first kappa shape index (κ1) is 18.0. The lowest BCUT2D eigenvalue weighted by atomic mass is 9.99. The second-order valence-corrected chi connectivity index (χ2v) is 8.28. The third-order valence-electron chi connectivity index (χ3n) is 5.15. The van der Waals surface area contributed by atoms with Crippen LogP contribution in [0.25, 0.3) is 16.6 Å². The Morgan fingerprint density at radius 2 is 1.74 bits per heavy atom. The highest BCUT2D eigenvalue weighted by atomic mass is 32.2. The molecule has 1 aromatic heterocycles. The van der Waals surface area contributed by atoms with Crippen molar-refractivity contribution >= 4 is 28.4 Å². The van der Waals surface area contributed by atoms with Gasteiger partial charge in [0.15, 0.2) is 5.16 Å².